The van der Waals surface area contributed by atoms with Gasteiger partial charge < -0.3 is 5.11 Å². The summed E-state index contributed by atoms with van der Waals surface area (Å²) >= 11 is 5.83. The third kappa shape index (κ3) is 2.39. The summed E-state index contributed by atoms with van der Waals surface area (Å²) in [6, 6.07) is 5.89. The zero-order valence-electron chi connectivity index (χ0n) is 9.85. The molecular formula is C12H10ClFN2O3. The molecule has 1 heterocycles. The second-order valence-corrected chi connectivity index (χ2v) is 4.43. The number of aromatic nitrogens is 2. The number of hydrogen-bond donors (Lipinski definition) is 2. The van der Waals surface area contributed by atoms with Gasteiger partial charge in [0.15, 0.2) is 0 Å². The smallest absolute Gasteiger partial charge is 0.331 e. The minimum Gasteiger partial charge on any atom is -0.492 e. The summed E-state index contributed by atoms with van der Waals surface area (Å²) in [5.41, 5.74) is -1.55. The predicted molar refractivity (Wildman–Crippen MR) is 68.2 cm³/mol. The summed E-state index contributed by atoms with van der Waals surface area (Å²) in [6.45, 7) is 1.57. The fraction of sp³-hybridized carbons (Fsp3) is 0.167. The molecule has 0 saturated carbocycles. The first-order chi connectivity index (χ1) is 8.91. The van der Waals surface area contributed by atoms with E-state index in [1.807, 2.05) is 0 Å². The summed E-state index contributed by atoms with van der Waals surface area (Å²) < 4.78 is 14.1. The zero-order valence-corrected chi connectivity index (χ0v) is 10.6. The Morgan fingerprint density at radius 2 is 2.11 bits per heavy atom. The average Bonchev–Trinajstić information content (AvgIpc) is 2.36. The molecule has 1 aromatic carbocycles. The lowest BCUT2D eigenvalue weighted by atomic mass is 10.1. The topological polar surface area (TPSA) is 75.1 Å². The number of benzene rings is 1. The molecule has 1 aromatic heterocycles. The molecule has 19 heavy (non-hydrogen) atoms. The van der Waals surface area contributed by atoms with Crippen molar-refractivity contribution in [1.82, 2.24) is 9.55 Å². The van der Waals surface area contributed by atoms with Gasteiger partial charge in [-0.3, -0.25) is 14.3 Å². The Labute approximate surface area is 111 Å². The highest BCUT2D eigenvalue weighted by Crippen LogP contribution is 2.23. The van der Waals surface area contributed by atoms with E-state index in [0.29, 0.717) is 10.6 Å². The maximum absolute atomic E-state index is 13.3. The van der Waals surface area contributed by atoms with Crippen LogP contribution in [0.4, 0.5) is 4.39 Å². The van der Waals surface area contributed by atoms with Crippen LogP contribution in [0.2, 0.25) is 5.02 Å². The highest BCUT2D eigenvalue weighted by atomic mass is 35.5. The van der Waals surface area contributed by atoms with Crippen LogP contribution in [0.5, 0.6) is 5.88 Å². The molecule has 0 aliphatic heterocycles. The van der Waals surface area contributed by atoms with Crippen molar-refractivity contribution in [2.24, 2.45) is 0 Å². The molecule has 0 bridgehead atoms. The highest BCUT2D eigenvalue weighted by molar-refractivity contribution is 6.30. The molecule has 0 aliphatic rings. The number of H-pyrrole nitrogens is 1. The molecule has 7 heteroatoms. The van der Waals surface area contributed by atoms with E-state index in [2.05, 4.69) is 0 Å². The van der Waals surface area contributed by atoms with Crippen LogP contribution < -0.4 is 11.2 Å². The lowest BCUT2D eigenvalue weighted by Gasteiger charge is -2.16. The Morgan fingerprint density at radius 3 is 2.74 bits per heavy atom. The van der Waals surface area contributed by atoms with Crippen molar-refractivity contribution >= 4 is 11.6 Å². The van der Waals surface area contributed by atoms with E-state index in [9.17, 15) is 19.1 Å². The Balaban J connectivity index is 2.63. The Hall–Kier alpha value is -2.08. The first kappa shape index (κ1) is 13.4. The zero-order chi connectivity index (χ0) is 14.2. The van der Waals surface area contributed by atoms with Gasteiger partial charge in [0.25, 0.3) is 5.56 Å². The minimum absolute atomic E-state index is 0.446. The number of hydrogen-bond acceptors (Lipinski definition) is 3. The normalized spacial score (nSPS) is 12.4. The van der Waals surface area contributed by atoms with Crippen LogP contribution in [-0.2, 0) is 0 Å². The van der Waals surface area contributed by atoms with Crippen molar-refractivity contribution in [1.29, 1.82) is 0 Å². The SMILES string of the molecule is CC(c1cccc(Cl)c1)n1c(O)c(F)c(=O)[nH]c1=O. The van der Waals surface area contributed by atoms with E-state index in [1.165, 1.54) is 0 Å². The van der Waals surface area contributed by atoms with Crippen molar-refractivity contribution in [3.63, 3.8) is 0 Å². The first-order valence-corrected chi connectivity index (χ1v) is 5.78. The van der Waals surface area contributed by atoms with E-state index in [4.69, 9.17) is 11.6 Å². The van der Waals surface area contributed by atoms with Gasteiger partial charge in [0, 0.05) is 5.02 Å². The summed E-state index contributed by atoms with van der Waals surface area (Å²) in [7, 11) is 0. The molecule has 2 N–H and O–H groups in total. The molecule has 5 nitrogen and oxygen atoms in total. The fourth-order valence-electron chi connectivity index (χ4n) is 1.79. The second kappa shape index (κ2) is 4.89. The number of nitrogens with one attached hydrogen (secondary N) is 1. The van der Waals surface area contributed by atoms with Crippen molar-refractivity contribution < 1.29 is 9.50 Å². The van der Waals surface area contributed by atoms with Crippen LogP contribution in [-0.4, -0.2) is 14.7 Å². The van der Waals surface area contributed by atoms with Gasteiger partial charge in [-0.1, -0.05) is 23.7 Å². The van der Waals surface area contributed by atoms with Gasteiger partial charge in [-0.15, -0.1) is 0 Å². The number of aromatic amines is 1. The van der Waals surface area contributed by atoms with Crippen LogP contribution in [0.1, 0.15) is 18.5 Å². The van der Waals surface area contributed by atoms with E-state index < -0.39 is 29.0 Å². The minimum atomic E-state index is -1.39. The van der Waals surface area contributed by atoms with E-state index in [1.54, 1.807) is 36.2 Å². The molecule has 1 atom stereocenters. The molecule has 0 radical (unpaired) electrons. The Kier molecular flexibility index (Phi) is 3.44. The maximum atomic E-state index is 13.3. The van der Waals surface area contributed by atoms with Crippen molar-refractivity contribution in [3.05, 3.63) is 61.5 Å². The van der Waals surface area contributed by atoms with Crippen LogP contribution in [0.25, 0.3) is 0 Å². The average molecular weight is 285 g/mol. The molecule has 0 amide bonds. The summed E-state index contributed by atoms with van der Waals surface area (Å²) in [5.74, 6) is -2.39. The van der Waals surface area contributed by atoms with Gasteiger partial charge in [0.1, 0.15) is 0 Å². The van der Waals surface area contributed by atoms with Gasteiger partial charge in [-0.25, -0.2) is 4.79 Å². The molecule has 0 spiro atoms. The van der Waals surface area contributed by atoms with Crippen LogP contribution in [0.3, 0.4) is 0 Å². The Morgan fingerprint density at radius 1 is 1.42 bits per heavy atom. The van der Waals surface area contributed by atoms with Crippen molar-refractivity contribution in [2.45, 2.75) is 13.0 Å². The molecule has 1 unspecified atom stereocenters. The standard InChI is InChI=1S/C12H10ClFN2O3/c1-6(7-3-2-4-8(13)5-7)16-11(18)9(14)10(17)15-12(16)19/h2-6,18H,1H3,(H,15,17,19). The van der Waals surface area contributed by atoms with Gasteiger partial charge in [-0.05, 0) is 24.6 Å². The van der Waals surface area contributed by atoms with Crippen LogP contribution in [0.15, 0.2) is 33.9 Å². The van der Waals surface area contributed by atoms with Gasteiger partial charge in [-0.2, -0.15) is 4.39 Å². The first-order valence-electron chi connectivity index (χ1n) is 5.40. The third-order valence-corrected chi connectivity index (χ3v) is 3.02. The Bertz CT molecular complexity index is 738. The quantitative estimate of drug-likeness (QED) is 0.880. The van der Waals surface area contributed by atoms with E-state index in [-0.39, 0.29) is 0 Å². The predicted octanol–water partition coefficient (Wildman–Crippen LogP) is 1.64. The second-order valence-electron chi connectivity index (χ2n) is 4.00. The van der Waals surface area contributed by atoms with Crippen molar-refractivity contribution in [2.75, 3.05) is 0 Å². The van der Waals surface area contributed by atoms with Gasteiger partial charge >= 0.3 is 5.69 Å². The summed E-state index contributed by atoms with van der Waals surface area (Å²) in [6.07, 6.45) is 0. The summed E-state index contributed by atoms with van der Waals surface area (Å²) in [5, 5.41) is 10.0. The van der Waals surface area contributed by atoms with E-state index >= 15 is 0 Å². The molecule has 2 aromatic rings. The lowest BCUT2D eigenvalue weighted by molar-refractivity contribution is 0.351. The summed E-state index contributed by atoms with van der Waals surface area (Å²) in [4.78, 5) is 24.5. The van der Waals surface area contributed by atoms with Crippen molar-refractivity contribution in [3.8, 4) is 5.88 Å². The van der Waals surface area contributed by atoms with Gasteiger partial charge in [0.05, 0.1) is 6.04 Å². The third-order valence-electron chi connectivity index (χ3n) is 2.78. The van der Waals surface area contributed by atoms with Gasteiger partial charge in [0.2, 0.25) is 11.7 Å². The molecule has 0 saturated heterocycles. The van der Waals surface area contributed by atoms with Crippen LogP contribution >= 0.6 is 11.6 Å². The monoisotopic (exact) mass is 284 g/mol. The van der Waals surface area contributed by atoms with Crippen LogP contribution in [0, 0.1) is 5.82 Å². The molecule has 100 valence electrons. The van der Waals surface area contributed by atoms with E-state index in [0.717, 1.165) is 4.57 Å². The maximum Gasteiger partial charge on any atom is 0.331 e. The number of nitrogens with zero attached hydrogens (tertiary/aromatic N) is 1. The lowest BCUT2D eigenvalue weighted by Crippen LogP contribution is -2.33. The highest BCUT2D eigenvalue weighted by Gasteiger charge is 2.19. The molecule has 0 fully saturated rings. The largest absolute Gasteiger partial charge is 0.492 e. The number of aromatic hydroxyl groups is 1. The molecule has 2 rings (SSSR count). The fourth-order valence-corrected chi connectivity index (χ4v) is 1.99. The molecule has 0 aliphatic carbocycles. The number of rotatable bonds is 2. The molecular weight excluding hydrogens is 275 g/mol. The number of halogens is 2.